The first kappa shape index (κ1) is 50.0. The minimum atomic E-state index is -1.09. The number of carboxylic acid groups (broad SMARTS) is 1. The first-order valence-electron chi connectivity index (χ1n) is 21.9. The molecule has 0 aliphatic carbocycles. The van der Waals surface area contributed by atoms with Crippen molar-refractivity contribution in [3.8, 4) is 46.3 Å². The summed E-state index contributed by atoms with van der Waals surface area (Å²) in [6, 6.07) is 27.0. The van der Waals surface area contributed by atoms with E-state index in [1.54, 1.807) is 41.6 Å². The largest absolute Gasteiger partial charge is 0.488 e. The van der Waals surface area contributed by atoms with Crippen LogP contribution in [-0.4, -0.2) is 67.4 Å². The van der Waals surface area contributed by atoms with Crippen molar-refractivity contribution in [1.29, 1.82) is 10.5 Å². The van der Waals surface area contributed by atoms with Crippen LogP contribution in [0.25, 0.3) is 11.1 Å². The zero-order valence-corrected chi connectivity index (χ0v) is 40.9. The van der Waals surface area contributed by atoms with Crippen LogP contribution < -0.4 is 24.3 Å². The van der Waals surface area contributed by atoms with Gasteiger partial charge in [0.05, 0.1) is 45.1 Å². The number of likely N-dealkylation sites (tertiary alicyclic amines) is 1. The summed E-state index contributed by atoms with van der Waals surface area (Å²) in [5, 5.41) is 51.2. The highest BCUT2D eigenvalue weighted by molar-refractivity contribution is 9.11. The summed E-state index contributed by atoms with van der Waals surface area (Å²) >= 11 is 7.34. The standard InChI is InChI=1S/C52H48Br2N6O9/c1-31-37(29-68-49-15-47(66-27-35-9-33(17-55)19-57-21-35)39(11-45(49)53)23-59-24-41(61)14-52(64)65)5-3-7-43(31)44-8-4-6-38(32(44)2)30-69-50-16-48(67-28-36-10-34(18-56)20-58-22-36)40(12-46(50)54)25-60-26-42(62)13-51(60)63/h3-12,15-16,19-22,41-42,59,61-62H,13-14,23-30H2,1-2H3,(H,64,65)/t41?,42-/m0/s1. The average Bonchev–Trinajstić information content (AvgIpc) is 3.65. The lowest BCUT2D eigenvalue weighted by atomic mass is 9.92. The molecule has 2 atom stereocenters. The van der Waals surface area contributed by atoms with Gasteiger partial charge in [0, 0.05) is 85.4 Å². The van der Waals surface area contributed by atoms with Gasteiger partial charge >= 0.3 is 5.97 Å². The van der Waals surface area contributed by atoms with E-state index in [1.165, 1.54) is 12.4 Å². The molecule has 1 aliphatic heterocycles. The molecule has 1 unspecified atom stereocenters. The van der Waals surface area contributed by atoms with Gasteiger partial charge in [0.15, 0.2) is 0 Å². The van der Waals surface area contributed by atoms with Crippen LogP contribution in [-0.2, 0) is 49.1 Å². The number of ether oxygens (including phenoxy) is 4. The number of hydrogen-bond donors (Lipinski definition) is 4. The predicted octanol–water partition coefficient (Wildman–Crippen LogP) is 8.36. The van der Waals surface area contributed by atoms with Crippen molar-refractivity contribution in [3.05, 3.63) is 162 Å². The van der Waals surface area contributed by atoms with Gasteiger partial charge in [-0.1, -0.05) is 36.4 Å². The number of β-amino-alcohol motifs (C(OH)–C–C–N with tert-alkyl or cyclic N) is 1. The van der Waals surface area contributed by atoms with Crippen LogP contribution in [0.5, 0.6) is 23.0 Å². The molecule has 0 radical (unpaired) electrons. The third kappa shape index (κ3) is 13.2. The highest BCUT2D eigenvalue weighted by Gasteiger charge is 2.29. The van der Waals surface area contributed by atoms with Crippen LogP contribution >= 0.6 is 31.9 Å². The zero-order valence-electron chi connectivity index (χ0n) is 37.7. The number of aliphatic carboxylic acids is 1. The number of aromatic nitrogens is 2. The Labute approximate surface area is 416 Å². The van der Waals surface area contributed by atoms with Gasteiger partial charge in [0.1, 0.15) is 61.6 Å². The third-order valence-corrected chi connectivity index (χ3v) is 12.7. The van der Waals surface area contributed by atoms with E-state index in [2.05, 4.69) is 85.3 Å². The summed E-state index contributed by atoms with van der Waals surface area (Å²) in [5.41, 5.74) is 9.67. The molecule has 1 fully saturated rings. The van der Waals surface area contributed by atoms with Gasteiger partial charge in [0.2, 0.25) is 5.91 Å². The summed E-state index contributed by atoms with van der Waals surface area (Å²) in [7, 11) is 0. The van der Waals surface area contributed by atoms with E-state index in [0.717, 1.165) is 38.9 Å². The molecule has 17 heteroatoms. The number of carbonyl (C=O) groups is 2. The fraction of sp³-hybridized carbons (Fsp3) is 0.269. The van der Waals surface area contributed by atoms with E-state index in [4.69, 9.17) is 24.1 Å². The highest BCUT2D eigenvalue weighted by Crippen LogP contribution is 2.38. The van der Waals surface area contributed by atoms with Crippen LogP contribution in [0.3, 0.4) is 0 Å². The van der Waals surface area contributed by atoms with Crippen molar-refractivity contribution in [2.45, 2.75) is 78.4 Å². The Morgan fingerprint density at radius 3 is 1.75 bits per heavy atom. The van der Waals surface area contributed by atoms with E-state index in [-0.39, 0.29) is 71.4 Å². The van der Waals surface area contributed by atoms with Gasteiger partial charge in [0.25, 0.3) is 0 Å². The van der Waals surface area contributed by atoms with Crippen molar-refractivity contribution in [1.82, 2.24) is 20.2 Å². The van der Waals surface area contributed by atoms with Crippen LogP contribution in [0.15, 0.2) is 107 Å². The molecule has 4 N–H and O–H groups in total. The maximum Gasteiger partial charge on any atom is 0.306 e. The molecule has 0 saturated carbocycles. The van der Waals surface area contributed by atoms with Crippen molar-refractivity contribution in [3.63, 3.8) is 0 Å². The number of aliphatic hydroxyl groups excluding tert-OH is 2. The third-order valence-electron chi connectivity index (χ3n) is 11.5. The Morgan fingerprint density at radius 2 is 1.26 bits per heavy atom. The van der Waals surface area contributed by atoms with Crippen molar-refractivity contribution >= 4 is 43.7 Å². The second-order valence-corrected chi connectivity index (χ2v) is 18.2. The molecule has 4 aromatic carbocycles. The Morgan fingerprint density at radius 1 is 0.754 bits per heavy atom. The van der Waals surface area contributed by atoms with Gasteiger partial charge < -0.3 is 44.5 Å². The lowest BCUT2D eigenvalue weighted by Gasteiger charge is -2.21. The van der Waals surface area contributed by atoms with Crippen molar-refractivity contribution in [2.75, 3.05) is 13.1 Å². The minimum absolute atomic E-state index is 0.0564. The molecule has 0 spiro atoms. The van der Waals surface area contributed by atoms with E-state index in [0.29, 0.717) is 59.8 Å². The second-order valence-electron chi connectivity index (χ2n) is 16.5. The predicted molar refractivity (Wildman–Crippen MR) is 261 cm³/mol. The lowest BCUT2D eigenvalue weighted by Crippen LogP contribution is -2.28. The van der Waals surface area contributed by atoms with Gasteiger partial charge in [-0.2, -0.15) is 10.5 Å². The molecule has 3 heterocycles. The normalized spacial score (nSPS) is 13.7. The van der Waals surface area contributed by atoms with E-state index >= 15 is 0 Å². The summed E-state index contributed by atoms with van der Waals surface area (Å²) in [4.78, 5) is 33.6. The van der Waals surface area contributed by atoms with Crippen molar-refractivity contribution in [2.24, 2.45) is 0 Å². The fourth-order valence-electron chi connectivity index (χ4n) is 7.81. The van der Waals surface area contributed by atoms with Gasteiger partial charge in [-0.25, -0.2) is 0 Å². The van der Waals surface area contributed by atoms with Crippen LogP contribution in [0.4, 0.5) is 0 Å². The van der Waals surface area contributed by atoms with E-state index in [1.807, 2.05) is 36.4 Å². The molecule has 6 aromatic rings. The average molecular weight is 1060 g/mol. The quantitative estimate of drug-likeness (QED) is 0.0532. The number of halogens is 2. The number of nitriles is 2. The molecule has 7 rings (SSSR count). The van der Waals surface area contributed by atoms with E-state index < -0.39 is 18.2 Å². The number of hydrogen-bond acceptors (Lipinski definition) is 13. The maximum absolute atomic E-state index is 12.6. The minimum Gasteiger partial charge on any atom is -0.488 e. The molecule has 1 aliphatic rings. The smallest absolute Gasteiger partial charge is 0.306 e. The monoisotopic (exact) mass is 1060 g/mol. The summed E-state index contributed by atoms with van der Waals surface area (Å²) < 4.78 is 26.8. The molecule has 354 valence electrons. The van der Waals surface area contributed by atoms with Crippen LogP contribution in [0.2, 0.25) is 0 Å². The second kappa shape index (κ2) is 23.4. The molecule has 2 aromatic heterocycles. The highest BCUT2D eigenvalue weighted by atomic mass is 79.9. The number of aliphatic hydroxyl groups is 2. The number of carboxylic acids is 1. The summed E-state index contributed by atoms with van der Waals surface area (Å²) in [5.74, 6) is 0.776. The molecule has 15 nitrogen and oxygen atoms in total. The Balaban J connectivity index is 1.08. The van der Waals surface area contributed by atoms with Crippen LogP contribution in [0, 0.1) is 36.5 Å². The molecule has 0 bridgehead atoms. The Hall–Kier alpha value is -6.86. The number of rotatable bonds is 21. The van der Waals surface area contributed by atoms with Gasteiger partial charge in [-0.15, -0.1) is 0 Å². The number of benzene rings is 4. The molecular formula is C52H48Br2N6O9. The lowest BCUT2D eigenvalue weighted by molar-refractivity contribution is -0.139. The van der Waals surface area contributed by atoms with E-state index in [9.17, 15) is 30.3 Å². The first-order valence-corrected chi connectivity index (χ1v) is 23.4. The Kier molecular flexibility index (Phi) is 17.0. The first-order chi connectivity index (χ1) is 33.3. The SMILES string of the molecule is Cc1c(COc2cc(OCc3cncc(C#N)c3)c(CNCC(O)CC(=O)O)cc2Br)cccc1-c1cccc(COc2cc(OCc3cncc(C#N)c3)c(CN3C[C@@H](O)CC3=O)cc2Br)c1C. The molecule has 1 saturated heterocycles. The molecule has 69 heavy (non-hydrogen) atoms. The van der Waals surface area contributed by atoms with Crippen LogP contribution in [0.1, 0.15) is 68.5 Å². The topological polar surface area (TPSA) is 220 Å². The van der Waals surface area contributed by atoms with Gasteiger partial charge in [-0.3, -0.25) is 19.6 Å². The fourth-order valence-corrected chi connectivity index (χ4v) is 8.82. The Bertz CT molecular complexity index is 2940. The number of pyridine rings is 2. The van der Waals surface area contributed by atoms with Gasteiger partial charge in [-0.05, 0) is 103 Å². The number of nitrogens with one attached hydrogen (secondary N) is 1. The van der Waals surface area contributed by atoms with Crippen molar-refractivity contribution < 1.29 is 43.9 Å². The molecular weight excluding hydrogens is 1010 g/mol. The zero-order chi connectivity index (χ0) is 49.0. The summed E-state index contributed by atoms with van der Waals surface area (Å²) in [6.45, 7) is 5.59. The summed E-state index contributed by atoms with van der Waals surface area (Å²) in [6.07, 6.45) is 4.09. The number of nitrogens with zero attached hydrogens (tertiary/aromatic N) is 5. The molecule has 1 amide bonds. The maximum atomic E-state index is 12.6. The number of amides is 1. The number of carbonyl (C=O) groups excluding carboxylic acids is 1.